The maximum absolute atomic E-state index is 12.8. The molecule has 2 heterocycles. The molecule has 0 fully saturated rings. The first-order valence-corrected chi connectivity index (χ1v) is 9.34. The van der Waals surface area contributed by atoms with Gasteiger partial charge in [-0.15, -0.1) is 0 Å². The molecule has 1 aromatic carbocycles. The van der Waals surface area contributed by atoms with Crippen molar-refractivity contribution in [2.75, 3.05) is 6.54 Å². The van der Waals surface area contributed by atoms with Crippen LogP contribution in [0.4, 0.5) is 0 Å². The van der Waals surface area contributed by atoms with Gasteiger partial charge in [0.2, 0.25) is 0 Å². The van der Waals surface area contributed by atoms with Crippen molar-refractivity contribution in [1.29, 1.82) is 0 Å². The maximum atomic E-state index is 12.8. The highest BCUT2D eigenvalue weighted by molar-refractivity contribution is 6.32. The summed E-state index contributed by atoms with van der Waals surface area (Å²) in [4.78, 5) is 19.1. The summed E-state index contributed by atoms with van der Waals surface area (Å²) in [5.41, 5.74) is 2.74. The van der Waals surface area contributed by atoms with Crippen LogP contribution in [0.5, 0.6) is 5.75 Å². The third-order valence-corrected chi connectivity index (χ3v) is 5.22. The van der Waals surface area contributed by atoms with Gasteiger partial charge in [-0.2, -0.15) is 0 Å². The number of rotatable bonds is 4. The van der Waals surface area contributed by atoms with E-state index in [4.69, 9.17) is 20.8 Å². The molecule has 26 heavy (non-hydrogen) atoms. The number of fused-ring (bicyclic) bond motifs is 1. The van der Waals surface area contributed by atoms with Crippen LogP contribution < -0.4 is 4.74 Å². The van der Waals surface area contributed by atoms with Gasteiger partial charge in [-0.3, -0.25) is 4.79 Å². The Labute approximate surface area is 159 Å². The molecule has 1 aromatic heterocycles. The van der Waals surface area contributed by atoms with Crippen molar-refractivity contribution in [1.82, 2.24) is 9.88 Å². The van der Waals surface area contributed by atoms with Crippen LogP contribution in [0.2, 0.25) is 5.02 Å². The second kappa shape index (κ2) is 7.31. The van der Waals surface area contributed by atoms with Gasteiger partial charge in [-0.25, -0.2) is 4.98 Å². The smallest absolute Gasteiger partial charge is 0.263 e. The van der Waals surface area contributed by atoms with E-state index in [0.717, 1.165) is 33.5 Å². The van der Waals surface area contributed by atoms with Crippen molar-refractivity contribution >= 4 is 17.5 Å². The first kappa shape index (κ1) is 18.8. The van der Waals surface area contributed by atoms with Crippen molar-refractivity contribution in [3.63, 3.8) is 0 Å². The molecular formula is C20H25ClN2O3. The lowest BCUT2D eigenvalue weighted by Crippen LogP contribution is -2.43. The SMILES string of the molecule is Cc1cc(OC(C)C(=O)N2CCc3oc(C(C)C)nc3C2)cc(C)c1Cl. The van der Waals surface area contributed by atoms with Crippen LogP contribution in [-0.2, 0) is 17.8 Å². The van der Waals surface area contributed by atoms with Gasteiger partial charge in [-0.05, 0) is 44.0 Å². The minimum atomic E-state index is -0.576. The lowest BCUT2D eigenvalue weighted by atomic mass is 10.1. The first-order valence-electron chi connectivity index (χ1n) is 8.97. The number of oxazole rings is 1. The molecule has 0 saturated heterocycles. The summed E-state index contributed by atoms with van der Waals surface area (Å²) in [7, 11) is 0. The Morgan fingerprint density at radius 3 is 2.54 bits per heavy atom. The number of ether oxygens (including phenoxy) is 1. The number of hydrogen-bond acceptors (Lipinski definition) is 4. The molecule has 0 aliphatic carbocycles. The van der Waals surface area contributed by atoms with E-state index in [1.54, 1.807) is 11.8 Å². The van der Waals surface area contributed by atoms with E-state index in [1.165, 1.54) is 0 Å². The van der Waals surface area contributed by atoms with Gasteiger partial charge in [0.1, 0.15) is 17.2 Å². The summed E-state index contributed by atoms with van der Waals surface area (Å²) >= 11 is 6.20. The quantitative estimate of drug-likeness (QED) is 0.792. The van der Waals surface area contributed by atoms with Crippen LogP contribution in [-0.4, -0.2) is 28.4 Å². The van der Waals surface area contributed by atoms with E-state index in [9.17, 15) is 4.79 Å². The number of nitrogens with zero attached hydrogens (tertiary/aromatic N) is 2. The molecule has 1 aliphatic heterocycles. The Morgan fingerprint density at radius 1 is 1.27 bits per heavy atom. The highest BCUT2D eigenvalue weighted by Gasteiger charge is 2.29. The normalized spacial score (nSPS) is 15.1. The Balaban J connectivity index is 1.69. The van der Waals surface area contributed by atoms with Crippen molar-refractivity contribution in [3.05, 3.63) is 45.6 Å². The number of halogens is 1. The molecule has 0 spiro atoms. The number of hydrogen-bond donors (Lipinski definition) is 0. The van der Waals surface area contributed by atoms with E-state index >= 15 is 0 Å². The molecule has 2 aromatic rings. The topological polar surface area (TPSA) is 55.6 Å². The zero-order chi connectivity index (χ0) is 19.0. The third-order valence-electron chi connectivity index (χ3n) is 4.62. The van der Waals surface area contributed by atoms with Crippen molar-refractivity contribution in [3.8, 4) is 5.75 Å². The molecule has 1 unspecified atom stereocenters. The fraction of sp³-hybridized carbons (Fsp3) is 0.500. The monoisotopic (exact) mass is 376 g/mol. The van der Waals surface area contributed by atoms with Crippen LogP contribution in [0.15, 0.2) is 16.5 Å². The number of aryl methyl sites for hydroxylation is 2. The Hall–Kier alpha value is -2.01. The maximum Gasteiger partial charge on any atom is 0.263 e. The minimum absolute atomic E-state index is 0.0463. The van der Waals surface area contributed by atoms with Crippen molar-refractivity contribution < 1.29 is 13.9 Å². The molecule has 5 nitrogen and oxygen atoms in total. The van der Waals surface area contributed by atoms with Gasteiger partial charge >= 0.3 is 0 Å². The molecule has 0 saturated carbocycles. The fourth-order valence-corrected chi connectivity index (χ4v) is 3.25. The first-order chi connectivity index (χ1) is 12.3. The van der Waals surface area contributed by atoms with E-state index in [1.807, 2.05) is 39.8 Å². The number of amides is 1. The number of carbonyl (C=O) groups excluding carboxylic acids is 1. The van der Waals surface area contributed by atoms with Gasteiger partial charge in [-0.1, -0.05) is 25.4 Å². The fourth-order valence-electron chi connectivity index (χ4n) is 3.14. The highest BCUT2D eigenvalue weighted by Crippen LogP contribution is 2.27. The van der Waals surface area contributed by atoms with Crippen LogP contribution in [0.3, 0.4) is 0 Å². The van der Waals surface area contributed by atoms with E-state index in [-0.39, 0.29) is 11.8 Å². The molecule has 0 bridgehead atoms. The van der Waals surface area contributed by atoms with Gasteiger partial charge < -0.3 is 14.1 Å². The average molecular weight is 377 g/mol. The predicted octanol–water partition coefficient (Wildman–Crippen LogP) is 4.42. The van der Waals surface area contributed by atoms with E-state index in [0.29, 0.717) is 25.3 Å². The van der Waals surface area contributed by atoms with Crippen molar-refractivity contribution in [2.24, 2.45) is 0 Å². The lowest BCUT2D eigenvalue weighted by molar-refractivity contribution is -0.139. The molecule has 0 N–H and O–H groups in total. The number of carbonyl (C=O) groups is 1. The summed E-state index contributed by atoms with van der Waals surface area (Å²) < 4.78 is 11.7. The second-order valence-electron chi connectivity index (χ2n) is 7.22. The molecule has 6 heteroatoms. The number of aromatic nitrogens is 1. The molecular weight excluding hydrogens is 352 g/mol. The summed E-state index contributed by atoms with van der Waals surface area (Å²) in [6.45, 7) is 10.8. The molecule has 1 aliphatic rings. The summed E-state index contributed by atoms with van der Waals surface area (Å²) in [5, 5.41) is 0.729. The van der Waals surface area contributed by atoms with E-state index < -0.39 is 6.10 Å². The van der Waals surface area contributed by atoms with E-state index in [2.05, 4.69) is 4.98 Å². The molecule has 140 valence electrons. The molecule has 0 radical (unpaired) electrons. The minimum Gasteiger partial charge on any atom is -0.481 e. The zero-order valence-corrected chi connectivity index (χ0v) is 16.7. The standard InChI is InChI=1S/C20H25ClN2O3/c1-11(2)19-22-16-10-23(7-6-17(16)26-19)20(24)14(5)25-15-8-12(3)18(21)13(4)9-15/h8-9,11,14H,6-7,10H2,1-5H3. The third kappa shape index (κ3) is 3.73. The Bertz CT molecular complexity index is 805. The summed E-state index contributed by atoms with van der Waals surface area (Å²) in [6.07, 6.45) is 0.111. The largest absolute Gasteiger partial charge is 0.481 e. The molecule has 1 amide bonds. The van der Waals surface area contributed by atoms with Gasteiger partial charge in [0.15, 0.2) is 12.0 Å². The van der Waals surface area contributed by atoms with Crippen LogP contribution in [0.25, 0.3) is 0 Å². The lowest BCUT2D eigenvalue weighted by Gasteiger charge is -2.28. The van der Waals surface area contributed by atoms with Crippen LogP contribution >= 0.6 is 11.6 Å². The van der Waals surface area contributed by atoms with Gasteiger partial charge in [0.25, 0.3) is 5.91 Å². The van der Waals surface area contributed by atoms with Gasteiger partial charge in [0, 0.05) is 23.9 Å². The van der Waals surface area contributed by atoms with Crippen molar-refractivity contribution in [2.45, 2.75) is 59.6 Å². The molecule has 3 rings (SSSR count). The summed E-state index contributed by atoms with van der Waals surface area (Å²) in [5.74, 6) is 2.49. The van der Waals surface area contributed by atoms with Crippen LogP contribution in [0.1, 0.15) is 55.2 Å². The zero-order valence-electron chi connectivity index (χ0n) is 15.9. The highest BCUT2D eigenvalue weighted by atomic mass is 35.5. The van der Waals surface area contributed by atoms with Gasteiger partial charge in [0.05, 0.1) is 6.54 Å². The summed E-state index contributed by atoms with van der Waals surface area (Å²) in [6, 6.07) is 3.72. The Morgan fingerprint density at radius 2 is 1.92 bits per heavy atom. The van der Waals surface area contributed by atoms with Crippen LogP contribution in [0, 0.1) is 13.8 Å². The Kier molecular flexibility index (Phi) is 5.28. The average Bonchev–Trinajstić information content (AvgIpc) is 3.02. The second-order valence-corrected chi connectivity index (χ2v) is 7.60. The number of benzene rings is 1. The molecule has 1 atom stereocenters. The predicted molar refractivity (Wildman–Crippen MR) is 101 cm³/mol.